The molecule has 0 atom stereocenters. The predicted octanol–water partition coefficient (Wildman–Crippen LogP) is -0.401. The summed E-state index contributed by atoms with van der Waals surface area (Å²) in [5, 5.41) is 11.4. The van der Waals surface area contributed by atoms with E-state index in [0.29, 0.717) is 4.57 Å². The van der Waals surface area contributed by atoms with Crippen LogP contribution in [-0.2, 0) is 19.6 Å². The minimum atomic E-state index is -0.941. The number of benzene rings is 1. The number of hydrogen-bond donors (Lipinski definition) is 1. The predicted molar refractivity (Wildman–Crippen MR) is 100 cm³/mol. The Kier molecular flexibility index (Phi) is 5.88. The Labute approximate surface area is 157 Å². The van der Waals surface area contributed by atoms with E-state index in [4.69, 9.17) is 5.73 Å². The van der Waals surface area contributed by atoms with Gasteiger partial charge in [-0.25, -0.2) is 28.1 Å². The summed E-state index contributed by atoms with van der Waals surface area (Å²) in [5.41, 5.74) is 1.81. The monoisotopic (exact) mass is 387 g/mol. The lowest BCUT2D eigenvalue weighted by Gasteiger charge is -2.12. The smallest absolute Gasteiger partial charge is 0.336 e. The molecule has 0 bridgehead atoms. The summed E-state index contributed by atoms with van der Waals surface area (Å²) in [5.74, 6) is -0.861. The van der Waals surface area contributed by atoms with Gasteiger partial charge in [0.1, 0.15) is 0 Å². The lowest BCUT2D eigenvalue weighted by atomic mass is 10.1. The Morgan fingerprint density at radius 2 is 1.54 bits per heavy atom. The molecule has 0 spiro atoms. The van der Waals surface area contributed by atoms with Crippen LogP contribution in [0.2, 0.25) is 0 Å². The standard InChI is InChI=1S/C17H17N5O6/c1-3-7-19-15(24)20(8-4-2)17(26)21(16(19)25)10-12-6-5-11(14(18)23)9-13(12)22(27)28/h3-6,9H,1-2,7-8,10H2,(H2,18,23). The number of allylic oxidation sites excluding steroid dienone is 2. The van der Waals surface area contributed by atoms with Crippen LogP contribution in [0, 0.1) is 10.1 Å². The van der Waals surface area contributed by atoms with Gasteiger partial charge in [0, 0.05) is 17.2 Å². The summed E-state index contributed by atoms with van der Waals surface area (Å²) in [7, 11) is 0. The van der Waals surface area contributed by atoms with Crippen LogP contribution < -0.4 is 22.8 Å². The molecule has 146 valence electrons. The Bertz CT molecular complexity index is 1110. The summed E-state index contributed by atoms with van der Waals surface area (Å²) in [6.45, 7) is 6.14. The highest BCUT2D eigenvalue weighted by atomic mass is 16.6. The Balaban J connectivity index is 2.75. The van der Waals surface area contributed by atoms with Crippen LogP contribution >= 0.6 is 0 Å². The minimum absolute atomic E-state index is 0.0110. The molecule has 0 aliphatic heterocycles. The van der Waals surface area contributed by atoms with E-state index < -0.39 is 40.1 Å². The highest BCUT2D eigenvalue weighted by molar-refractivity contribution is 5.93. The fraction of sp³-hybridized carbons (Fsp3) is 0.176. The van der Waals surface area contributed by atoms with Crippen molar-refractivity contribution in [3.8, 4) is 0 Å². The molecule has 2 aromatic rings. The van der Waals surface area contributed by atoms with Gasteiger partial charge in [-0.3, -0.25) is 14.9 Å². The molecule has 1 amide bonds. The average Bonchev–Trinajstić information content (AvgIpc) is 2.65. The van der Waals surface area contributed by atoms with Crippen molar-refractivity contribution in [3.63, 3.8) is 0 Å². The first kappa shape index (κ1) is 20.3. The number of nitro benzene ring substituents is 1. The van der Waals surface area contributed by atoms with E-state index in [1.165, 1.54) is 24.3 Å². The van der Waals surface area contributed by atoms with Crippen molar-refractivity contribution in [3.05, 3.63) is 96.2 Å². The Morgan fingerprint density at radius 3 is 1.96 bits per heavy atom. The number of amides is 1. The largest absolute Gasteiger partial charge is 0.366 e. The van der Waals surface area contributed by atoms with Crippen molar-refractivity contribution in [2.45, 2.75) is 19.6 Å². The van der Waals surface area contributed by atoms with Crippen molar-refractivity contribution < 1.29 is 9.72 Å². The van der Waals surface area contributed by atoms with Gasteiger partial charge in [-0.1, -0.05) is 12.2 Å². The van der Waals surface area contributed by atoms with Crippen molar-refractivity contribution >= 4 is 11.6 Å². The maximum atomic E-state index is 12.6. The molecule has 2 rings (SSSR count). The molecule has 1 aromatic carbocycles. The highest BCUT2D eigenvalue weighted by Gasteiger charge is 2.20. The van der Waals surface area contributed by atoms with Crippen LogP contribution in [0.3, 0.4) is 0 Å². The van der Waals surface area contributed by atoms with Crippen LogP contribution in [0.25, 0.3) is 0 Å². The van der Waals surface area contributed by atoms with Crippen LogP contribution in [0.15, 0.2) is 57.9 Å². The molecule has 11 nitrogen and oxygen atoms in total. The summed E-state index contributed by atoms with van der Waals surface area (Å²) in [6.07, 6.45) is 2.61. The first-order valence-corrected chi connectivity index (χ1v) is 7.96. The van der Waals surface area contributed by atoms with Gasteiger partial charge < -0.3 is 5.73 Å². The molecule has 0 radical (unpaired) electrons. The van der Waals surface area contributed by atoms with Crippen LogP contribution in [0.4, 0.5) is 5.69 Å². The third-order valence-electron chi connectivity index (χ3n) is 3.90. The van der Waals surface area contributed by atoms with Gasteiger partial charge in [0.05, 0.1) is 24.6 Å². The Hall–Kier alpha value is -4.02. The fourth-order valence-electron chi connectivity index (χ4n) is 2.58. The number of aromatic nitrogens is 3. The van der Waals surface area contributed by atoms with E-state index in [1.54, 1.807) is 0 Å². The van der Waals surface area contributed by atoms with E-state index >= 15 is 0 Å². The molecule has 1 aromatic heterocycles. The van der Waals surface area contributed by atoms with Gasteiger partial charge in [-0.15, -0.1) is 13.2 Å². The molecule has 0 aliphatic carbocycles. The number of carbonyl (C=O) groups is 1. The van der Waals surface area contributed by atoms with Crippen LogP contribution in [0.5, 0.6) is 0 Å². The van der Waals surface area contributed by atoms with Crippen molar-refractivity contribution in [2.75, 3.05) is 0 Å². The molecule has 2 N–H and O–H groups in total. The quantitative estimate of drug-likeness (QED) is 0.369. The Morgan fingerprint density at radius 1 is 1.04 bits per heavy atom. The minimum Gasteiger partial charge on any atom is -0.366 e. The molecular weight excluding hydrogens is 370 g/mol. The second-order valence-corrected chi connectivity index (χ2v) is 5.70. The molecule has 0 saturated carbocycles. The van der Waals surface area contributed by atoms with Crippen LogP contribution in [-0.4, -0.2) is 24.5 Å². The highest BCUT2D eigenvalue weighted by Crippen LogP contribution is 2.20. The number of carbonyl (C=O) groups excluding carboxylic acids is 1. The molecule has 0 unspecified atom stereocenters. The van der Waals surface area contributed by atoms with Crippen molar-refractivity contribution in [1.29, 1.82) is 0 Å². The third kappa shape index (κ3) is 3.72. The molecule has 28 heavy (non-hydrogen) atoms. The average molecular weight is 387 g/mol. The van der Waals surface area contributed by atoms with Crippen molar-refractivity contribution in [2.24, 2.45) is 5.73 Å². The van der Waals surface area contributed by atoms with E-state index in [1.807, 2.05) is 0 Å². The van der Waals surface area contributed by atoms with Gasteiger partial charge >= 0.3 is 17.1 Å². The number of hydrogen-bond acceptors (Lipinski definition) is 6. The third-order valence-corrected chi connectivity index (χ3v) is 3.90. The molecule has 1 heterocycles. The second kappa shape index (κ2) is 8.12. The fourth-order valence-corrected chi connectivity index (χ4v) is 2.58. The number of rotatable bonds is 8. The second-order valence-electron chi connectivity index (χ2n) is 5.70. The summed E-state index contributed by atoms with van der Waals surface area (Å²) < 4.78 is 2.25. The van der Waals surface area contributed by atoms with Gasteiger partial charge in [0.25, 0.3) is 5.69 Å². The van der Waals surface area contributed by atoms with E-state index in [-0.39, 0.29) is 24.2 Å². The lowest BCUT2D eigenvalue weighted by Crippen LogP contribution is -2.54. The molecule has 0 aliphatic rings. The van der Waals surface area contributed by atoms with Crippen molar-refractivity contribution in [1.82, 2.24) is 13.7 Å². The maximum Gasteiger partial charge on any atom is 0.336 e. The first-order chi connectivity index (χ1) is 13.2. The zero-order valence-electron chi connectivity index (χ0n) is 14.7. The molecule has 0 fully saturated rings. The zero-order chi connectivity index (χ0) is 21.0. The summed E-state index contributed by atoms with van der Waals surface area (Å²) in [6, 6.07) is 3.44. The lowest BCUT2D eigenvalue weighted by molar-refractivity contribution is -0.385. The summed E-state index contributed by atoms with van der Waals surface area (Å²) >= 11 is 0. The topological polar surface area (TPSA) is 152 Å². The number of nitrogens with zero attached hydrogens (tertiary/aromatic N) is 4. The van der Waals surface area contributed by atoms with Gasteiger partial charge in [-0.2, -0.15) is 0 Å². The number of primary amides is 1. The molecular formula is C17H17N5O6. The van der Waals surface area contributed by atoms with Crippen LogP contribution in [0.1, 0.15) is 15.9 Å². The van der Waals surface area contributed by atoms with Gasteiger partial charge in [-0.05, 0) is 12.1 Å². The van der Waals surface area contributed by atoms with Gasteiger partial charge in [0.2, 0.25) is 5.91 Å². The maximum absolute atomic E-state index is 12.6. The number of nitrogens with two attached hydrogens (primary N) is 1. The SMILES string of the molecule is C=CCn1c(=O)n(CC=C)c(=O)n(Cc2ccc(C(N)=O)cc2[N+](=O)[O-])c1=O. The van der Waals surface area contributed by atoms with Gasteiger partial charge in [0.15, 0.2) is 0 Å². The summed E-state index contributed by atoms with van der Waals surface area (Å²) in [4.78, 5) is 59.4. The normalized spacial score (nSPS) is 10.4. The van der Waals surface area contributed by atoms with E-state index in [2.05, 4.69) is 13.2 Å². The van der Waals surface area contributed by atoms with E-state index in [9.17, 15) is 29.3 Å². The molecule has 0 saturated heterocycles. The first-order valence-electron chi connectivity index (χ1n) is 7.96. The van der Waals surface area contributed by atoms with E-state index in [0.717, 1.165) is 15.2 Å². The molecule has 11 heteroatoms. The zero-order valence-corrected chi connectivity index (χ0v) is 14.7. The number of nitro groups is 1.